The monoisotopic (exact) mass is 462 g/mol. The second-order valence-electron chi connectivity index (χ2n) is 7.21. The Morgan fingerprint density at radius 1 is 1.27 bits per heavy atom. The van der Waals surface area contributed by atoms with Gasteiger partial charge in [-0.2, -0.15) is 0 Å². The van der Waals surface area contributed by atoms with Gasteiger partial charge in [0, 0.05) is 28.9 Å². The van der Waals surface area contributed by atoms with E-state index in [0.29, 0.717) is 15.4 Å². The SMILES string of the molecule is Cn1c(SCC(=O)NC(=O)NC2CCCCC2)nc2scc(-c3cccs3)c2c1=O. The van der Waals surface area contributed by atoms with E-state index in [9.17, 15) is 14.4 Å². The first-order valence-electron chi connectivity index (χ1n) is 9.78. The summed E-state index contributed by atoms with van der Waals surface area (Å²) < 4.78 is 1.46. The lowest BCUT2D eigenvalue weighted by Gasteiger charge is -2.22. The summed E-state index contributed by atoms with van der Waals surface area (Å²) in [6, 6.07) is 3.62. The van der Waals surface area contributed by atoms with Gasteiger partial charge in [0.05, 0.1) is 11.1 Å². The highest BCUT2D eigenvalue weighted by Gasteiger charge is 2.19. The molecule has 3 aromatic heterocycles. The number of aromatic nitrogens is 2. The molecule has 3 heterocycles. The lowest BCUT2D eigenvalue weighted by atomic mass is 9.96. The van der Waals surface area contributed by atoms with E-state index >= 15 is 0 Å². The van der Waals surface area contributed by atoms with Gasteiger partial charge in [-0.25, -0.2) is 9.78 Å². The summed E-state index contributed by atoms with van der Waals surface area (Å²) in [6.07, 6.45) is 5.32. The van der Waals surface area contributed by atoms with E-state index in [1.807, 2.05) is 22.9 Å². The lowest BCUT2D eigenvalue weighted by Crippen LogP contribution is -2.45. The third-order valence-electron chi connectivity index (χ3n) is 5.09. The number of nitrogens with one attached hydrogen (secondary N) is 2. The number of rotatable bonds is 5. The summed E-state index contributed by atoms with van der Waals surface area (Å²) in [6.45, 7) is 0. The van der Waals surface area contributed by atoms with Crippen LogP contribution in [-0.4, -0.2) is 33.3 Å². The van der Waals surface area contributed by atoms with Gasteiger partial charge in [0.15, 0.2) is 5.16 Å². The molecule has 158 valence electrons. The molecule has 1 aliphatic rings. The topological polar surface area (TPSA) is 93.1 Å². The smallest absolute Gasteiger partial charge is 0.321 e. The molecule has 2 N–H and O–H groups in total. The Kier molecular flexibility index (Phi) is 6.55. The number of urea groups is 1. The summed E-state index contributed by atoms with van der Waals surface area (Å²) in [7, 11) is 1.65. The summed E-state index contributed by atoms with van der Waals surface area (Å²) in [4.78, 5) is 43.4. The molecule has 0 bridgehead atoms. The van der Waals surface area contributed by atoms with Gasteiger partial charge in [0.1, 0.15) is 4.83 Å². The lowest BCUT2D eigenvalue weighted by molar-refractivity contribution is -0.117. The van der Waals surface area contributed by atoms with Crippen LogP contribution in [0.15, 0.2) is 32.8 Å². The zero-order valence-corrected chi connectivity index (χ0v) is 18.9. The van der Waals surface area contributed by atoms with Crippen molar-refractivity contribution in [1.29, 1.82) is 0 Å². The first-order chi connectivity index (χ1) is 14.5. The van der Waals surface area contributed by atoms with Gasteiger partial charge in [-0.15, -0.1) is 22.7 Å². The van der Waals surface area contributed by atoms with Gasteiger partial charge >= 0.3 is 6.03 Å². The molecule has 0 unspecified atom stereocenters. The molecular weight excluding hydrogens is 440 g/mol. The zero-order valence-electron chi connectivity index (χ0n) is 16.5. The maximum atomic E-state index is 12.9. The highest BCUT2D eigenvalue weighted by atomic mass is 32.2. The standard InChI is InChI=1S/C20H22N4O3S3/c1-24-18(26)16-13(14-8-5-9-28-14)10-29-17(16)23-20(24)30-11-15(25)22-19(27)21-12-6-3-2-4-7-12/h5,8-10,12H,2-4,6-7,11H2,1H3,(H2,21,22,25,27). The fourth-order valence-electron chi connectivity index (χ4n) is 3.56. The molecule has 4 rings (SSSR count). The van der Waals surface area contributed by atoms with Crippen LogP contribution in [0.3, 0.4) is 0 Å². The molecule has 3 aromatic rings. The quantitative estimate of drug-likeness (QED) is 0.442. The van der Waals surface area contributed by atoms with Gasteiger partial charge in [0.2, 0.25) is 5.91 Å². The largest absolute Gasteiger partial charge is 0.335 e. The van der Waals surface area contributed by atoms with Crippen LogP contribution >= 0.6 is 34.4 Å². The van der Waals surface area contributed by atoms with Gasteiger partial charge < -0.3 is 5.32 Å². The number of amides is 3. The average Bonchev–Trinajstić information content (AvgIpc) is 3.40. The second kappa shape index (κ2) is 9.32. The van der Waals surface area contributed by atoms with Crippen LogP contribution in [0.2, 0.25) is 0 Å². The number of carbonyl (C=O) groups is 2. The highest BCUT2D eigenvalue weighted by Crippen LogP contribution is 2.34. The van der Waals surface area contributed by atoms with Gasteiger partial charge in [-0.1, -0.05) is 37.1 Å². The minimum Gasteiger partial charge on any atom is -0.335 e. The van der Waals surface area contributed by atoms with Gasteiger partial charge in [-0.3, -0.25) is 19.5 Å². The van der Waals surface area contributed by atoms with Crippen LogP contribution in [0.4, 0.5) is 4.79 Å². The number of hydrogen-bond acceptors (Lipinski definition) is 7. The molecule has 0 atom stereocenters. The first-order valence-corrected chi connectivity index (χ1v) is 12.5. The van der Waals surface area contributed by atoms with Crippen molar-refractivity contribution in [1.82, 2.24) is 20.2 Å². The number of thiophene rings is 2. The van der Waals surface area contributed by atoms with Crippen molar-refractivity contribution >= 4 is 56.6 Å². The number of fused-ring (bicyclic) bond motifs is 1. The summed E-state index contributed by atoms with van der Waals surface area (Å²) in [5, 5.41) is 10.2. The van der Waals surface area contributed by atoms with E-state index < -0.39 is 11.9 Å². The third kappa shape index (κ3) is 4.60. The van der Waals surface area contributed by atoms with E-state index in [2.05, 4.69) is 15.6 Å². The molecular formula is C20H22N4O3S3. The Bertz CT molecular complexity index is 1110. The molecule has 0 aliphatic heterocycles. The maximum Gasteiger partial charge on any atom is 0.321 e. The Labute approximate surface area is 185 Å². The highest BCUT2D eigenvalue weighted by molar-refractivity contribution is 7.99. The van der Waals surface area contributed by atoms with Crippen LogP contribution in [0, 0.1) is 0 Å². The zero-order chi connectivity index (χ0) is 21.1. The predicted molar refractivity (Wildman–Crippen MR) is 122 cm³/mol. The van der Waals surface area contributed by atoms with E-state index in [1.54, 1.807) is 18.4 Å². The Morgan fingerprint density at radius 2 is 2.07 bits per heavy atom. The number of nitrogens with zero attached hydrogens (tertiary/aromatic N) is 2. The fourth-order valence-corrected chi connectivity index (χ4v) is 6.13. The van der Waals surface area contributed by atoms with E-state index in [-0.39, 0.29) is 17.4 Å². The number of hydrogen-bond donors (Lipinski definition) is 2. The Morgan fingerprint density at radius 3 is 2.80 bits per heavy atom. The molecule has 0 aromatic carbocycles. The van der Waals surface area contributed by atoms with Crippen LogP contribution in [0.1, 0.15) is 32.1 Å². The van der Waals surface area contributed by atoms with Crippen molar-refractivity contribution in [2.24, 2.45) is 7.05 Å². The van der Waals surface area contributed by atoms with Crippen LogP contribution in [0.5, 0.6) is 0 Å². The van der Waals surface area contributed by atoms with E-state index in [1.165, 1.54) is 22.3 Å². The van der Waals surface area contributed by atoms with Crippen molar-refractivity contribution in [2.45, 2.75) is 43.3 Å². The summed E-state index contributed by atoms with van der Waals surface area (Å²) in [5.74, 6) is -0.402. The minimum atomic E-state index is -0.455. The molecule has 1 aliphatic carbocycles. The fraction of sp³-hybridized carbons (Fsp3) is 0.400. The molecule has 1 fully saturated rings. The molecule has 3 amide bonds. The van der Waals surface area contributed by atoms with Crippen molar-refractivity contribution in [3.8, 4) is 10.4 Å². The van der Waals surface area contributed by atoms with Crippen molar-refractivity contribution in [2.75, 3.05) is 5.75 Å². The van der Waals surface area contributed by atoms with Crippen LogP contribution < -0.4 is 16.2 Å². The Balaban J connectivity index is 1.41. The first kappa shape index (κ1) is 21.1. The molecule has 0 radical (unpaired) electrons. The second-order valence-corrected chi connectivity index (χ2v) is 9.96. The molecule has 30 heavy (non-hydrogen) atoms. The number of imide groups is 1. The van der Waals surface area contributed by atoms with E-state index in [0.717, 1.165) is 47.9 Å². The van der Waals surface area contributed by atoms with Gasteiger partial charge in [0.25, 0.3) is 5.56 Å². The number of carbonyl (C=O) groups excluding carboxylic acids is 2. The molecule has 7 nitrogen and oxygen atoms in total. The molecule has 0 saturated heterocycles. The molecule has 1 saturated carbocycles. The summed E-state index contributed by atoms with van der Waals surface area (Å²) >= 11 is 4.15. The molecule has 10 heteroatoms. The number of thioether (sulfide) groups is 1. The minimum absolute atomic E-state index is 0.00697. The van der Waals surface area contributed by atoms with Gasteiger partial charge in [-0.05, 0) is 24.3 Å². The Hall–Kier alpha value is -2.17. The van der Waals surface area contributed by atoms with Crippen LogP contribution in [0.25, 0.3) is 20.7 Å². The van der Waals surface area contributed by atoms with E-state index in [4.69, 9.17) is 0 Å². The van der Waals surface area contributed by atoms with Crippen molar-refractivity contribution < 1.29 is 9.59 Å². The van der Waals surface area contributed by atoms with Crippen molar-refractivity contribution in [3.63, 3.8) is 0 Å². The van der Waals surface area contributed by atoms with Crippen LogP contribution in [-0.2, 0) is 11.8 Å². The normalized spacial score (nSPS) is 14.7. The average molecular weight is 463 g/mol. The third-order valence-corrected chi connectivity index (χ3v) is 7.89. The summed E-state index contributed by atoms with van der Waals surface area (Å²) in [5.41, 5.74) is 0.759. The van der Waals surface area contributed by atoms with Crippen molar-refractivity contribution in [3.05, 3.63) is 33.2 Å². The maximum absolute atomic E-state index is 12.9. The molecule has 0 spiro atoms. The predicted octanol–water partition coefficient (Wildman–Crippen LogP) is 3.97.